The molecule has 0 aliphatic carbocycles. The number of pyridine rings is 1. The first-order valence-corrected chi connectivity index (χ1v) is 16.2. The molecule has 4 aromatic rings. The molecule has 256 valence electrons. The van der Waals surface area contributed by atoms with Crippen molar-refractivity contribution < 1.29 is 31.1 Å². The number of halogens is 6. The van der Waals surface area contributed by atoms with Crippen LogP contribution in [0.3, 0.4) is 0 Å². The van der Waals surface area contributed by atoms with Crippen LogP contribution in [0.5, 0.6) is 6.01 Å². The Morgan fingerprint density at radius 2 is 1.96 bits per heavy atom. The van der Waals surface area contributed by atoms with Gasteiger partial charge in [-0.15, -0.1) is 0 Å². The maximum Gasteiger partial charge on any atom is 0.417 e. The molecule has 8 rings (SSSR count). The maximum atomic E-state index is 17.0. The Hall–Kier alpha value is -4.49. The van der Waals surface area contributed by atoms with Crippen LogP contribution in [-0.2, 0) is 6.18 Å². The maximum absolute atomic E-state index is 17.0. The van der Waals surface area contributed by atoms with E-state index in [9.17, 15) is 27.2 Å². The zero-order chi connectivity index (χ0) is 34.3. The molecule has 16 heteroatoms. The minimum atomic E-state index is -4.94. The quantitative estimate of drug-likeness (QED) is 0.236. The third kappa shape index (κ3) is 5.16. The average Bonchev–Trinajstić information content (AvgIpc) is 3.80. The second-order valence-corrected chi connectivity index (χ2v) is 13.6. The Morgan fingerprint density at radius 1 is 1.18 bits per heavy atom. The van der Waals surface area contributed by atoms with Crippen molar-refractivity contribution in [3.8, 4) is 23.3 Å². The van der Waals surface area contributed by atoms with Crippen molar-refractivity contribution in [2.45, 2.75) is 68.7 Å². The van der Waals surface area contributed by atoms with E-state index in [4.69, 9.17) is 4.74 Å². The Morgan fingerprint density at radius 3 is 2.67 bits per heavy atom. The lowest BCUT2D eigenvalue weighted by molar-refractivity contribution is -0.137. The molecule has 0 spiro atoms. The van der Waals surface area contributed by atoms with Gasteiger partial charge in [0.05, 0.1) is 27.5 Å². The normalized spacial score (nSPS) is 23.3. The summed E-state index contributed by atoms with van der Waals surface area (Å²) < 4.78 is 94.4. The van der Waals surface area contributed by atoms with Crippen molar-refractivity contribution in [3.05, 3.63) is 47.1 Å². The fourth-order valence-corrected chi connectivity index (χ4v) is 8.61. The minimum Gasteiger partial charge on any atom is -0.461 e. The topological polar surface area (TPSA) is 119 Å². The number of ether oxygens (including phenoxy) is 1. The number of aryl methyl sites for hydroxylation is 1. The molecule has 2 atom stereocenters. The highest BCUT2D eigenvalue weighted by molar-refractivity contribution is 6.02. The third-order valence-corrected chi connectivity index (χ3v) is 10.6. The number of piperazine rings is 1. The lowest BCUT2D eigenvalue weighted by Gasteiger charge is -2.40. The van der Waals surface area contributed by atoms with Gasteiger partial charge in [0.2, 0.25) is 0 Å². The smallest absolute Gasteiger partial charge is 0.417 e. The van der Waals surface area contributed by atoms with Gasteiger partial charge in [-0.3, -0.25) is 15.0 Å². The highest BCUT2D eigenvalue weighted by Gasteiger charge is 2.47. The molecule has 7 heterocycles. The Labute approximate surface area is 276 Å². The minimum absolute atomic E-state index is 0.0742. The summed E-state index contributed by atoms with van der Waals surface area (Å²) >= 11 is 0. The molecule has 49 heavy (non-hydrogen) atoms. The number of hydrogen-bond donors (Lipinski definition) is 2. The highest BCUT2D eigenvalue weighted by atomic mass is 19.4. The molecule has 4 aliphatic heterocycles. The van der Waals surface area contributed by atoms with Gasteiger partial charge >= 0.3 is 12.2 Å². The second kappa shape index (κ2) is 11.3. The summed E-state index contributed by atoms with van der Waals surface area (Å²) in [4.78, 5) is 17.5. The SMILES string of the molecule is Cc1cc2[nH]nc(C#N)c2c(-c2ncc3c(N4C[C@H]5CC[C@@](C=C(F)F)(C4)N5)nc(OCC45CCCN4CCC5)nc3c2F)c1C(F)(F)F. The highest BCUT2D eigenvalue weighted by Crippen LogP contribution is 2.46. The van der Waals surface area contributed by atoms with Crippen molar-refractivity contribution in [2.24, 2.45) is 0 Å². The van der Waals surface area contributed by atoms with E-state index in [1.54, 1.807) is 11.0 Å². The predicted octanol–water partition coefficient (Wildman–Crippen LogP) is 6.00. The number of anilines is 1. The first kappa shape index (κ1) is 31.8. The second-order valence-electron chi connectivity index (χ2n) is 13.6. The van der Waals surface area contributed by atoms with E-state index >= 15 is 4.39 Å². The largest absolute Gasteiger partial charge is 0.461 e. The van der Waals surface area contributed by atoms with E-state index in [0.29, 0.717) is 19.4 Å². The van der Waals surface area contributed by atoms with E-state index in [1.807, 2.05) is 0 Å². The van der Waals surface area contributed by atoms with Crippen molar-refractivity contribution in [2.75, 3.05) is 37.7 Å². The van der Waals surface area contributed by atoms with Gasteiger partial charge in [-0.2, -0.15) is 42.3 Å². The summed E-state index contributed by atoms with van der Waals surface area (Å²) in [6.07, 6.45) is 0.224. The number of benzene rings is 1. The van der Waals surface area contributed by atoms with Crippen LogP contribution < -0.4 is 15.0 Å². The Bertz CT molecular complexity index is 2060. The van der Waals surface area contributed by atoms with Gasteiger partial charge in [-0.1, -0.05) is 0 Å². The molecular weight excluding hydrogens is 652 g/mol. The number of alkyl halides is 3. The van der Waals surface area contributed by atoms with Gasteiger partial charge in [-0.25, -0.2) is 4.39 Å². The molecule has 3 aromatic heterocycles. The number of nitrogens with zero attached hydrogens (tertiary/aromatic N) is 7. The molecule has 4 saturated heterocycles. The van der Waals surface area contributed by atoms with E-state index in [1.165, 1.54) is 19.2 Å². The van der Waals surface area contributed by atoms with Gasteiger partial charge in [0.15, 0.2) is 11.5 Å². The van der Waals surface area contributed by atoms with Crippen molar-refractivity contribution in [1.82, 2.24) is 35.4 Å². The van der Waals surface area contributed by atoms with Crippen LogP contribution in [0, 0.1) is 24.1 Å². The average molecular weight is 684 g/mol. The summed E-state index contributed by atoms with van der Waals surface area (Å²) in [6.45, 7) is 3.77. The van der Waals surface area contributed by atoms with Gasteiger partial charge in [0, 0.05) is 42.4 Å². The first-order chi connectivity index (χ1) is 23.4. The van der Waals surface area contributed by atoms with Gasteiger partial charge < -0.3 is 15.0 Å². The molecule has 10 nitrogen and oxygen atoms in total. The summed E-state index contributed by atoms with van der Waals surface area (Å²) in [5.74, 6) is -0.986. The Balaban J connectivity index is 1.32. The number of H-pyrrole nitrogens is 1. The molecule has 2 bridgehead atoms. The lowest BCUT2D eigenvalue weighted by Crippen LogP contribution is -2.59. The van der Waals surface area contributed by atoms with Gasteiger partial charge in [0.1, 0.15) is 29.7 Å². The van der Waals surface area contributed by atoms with E-state index < -0.39 is 40.4 Å². The number of hydrogen-bond acceptors (Lipinski definition) is 9. The number of aromatic nitrogens is 5. The van der Waals surface area contributed by atoms with Crippen molar-refractivity contribution in [1.29, 1.82) is 5.26 Å². The van der Waals surface area contributed by atoms with Crippen LogP contribution in [0.4, 0.5) is 32.2 Å². The summed E-state index contributed by atoms with van der Waals surface area (Å²) in [5.41, 5.74) is -4.53. The standard InChI is InChI=1S/C33H31F6N9O/c1-17-10-20-23(21(12-40)46-45-20)24(25(17)33(37,38)39)28-26(36)27-19(13-41-28)29(47-14-18-4-7-31(15-47,44-18)11-22(34)35)43-30(42-27)49-16-32-5-2-8-48(32)9-3-6-32/h10-11,13,18,44H,2-9,14-16H2,1H3,(H,45,46)/t18-,31-/m1/s1. The molecule has 0 amide bonds. The molecule has 2 N–H and O–H groups in total. The molecule has 4 aliphatic rings. The van der Waals surface area contributed by atoms with Crippen LogP contribution in [-0.4, -0.2) is 80.0 Å². The zero-order valence-corrected chi connectivity index (χ0v) is 26.4. The van der Waals surface area contributed by atoms with E-state index in [0.717, 1.165) is 44.8 Å². The summed E-state index contributed by atoms with van der Waals surface area (Å²) in [7, 11) is 0. The van der Waals surface area contributed by atoms with E-state index in [2.05, 4.69) is 35.4 Å². The number of nitrogens with one attached hydrogen (secondary N) is 2. The first-order valence-electron chi connectivity index (χ1n) is 16.2. The number of nitriles is 1. The van der Waals surface area contributed by atoms with Crippen LogP contribution in [0.1, 0.15) is 55.3 Å². The van der Waals surface area contributed by atoms with Gasteiger partial charge in [-0.05, 0) is 70.2 Å². The summed E-state index contributed by atoms with van der Waals surface area (Å²) in [5, 5.41) is 19.3. The van der Waals surface area contributed by atoms with Crippen molar-refractivity contribution >= 4 is 27.6 Å². The fraction of sp³-hybridized carbons (Fsp3) is 0.485. The number of rotatable bonds is 6. The summed E-state index contributed by atoms with van der Waals surface area (Å²) in [6, 6.07) is 2.65. The Kier molecular flexibility index (Phi) is 7.31. The van der Waals surface area contributed by atoms with Crippen LogP contribution in [0.25, 0.3) is 33.1 Å². The van der Waals surface area contributed by atoms with Crippen LogP contribution in [0.2, 0.25) is 0 Å². The monoisotopic (exact) mass is 683 g/mol. The van der Waals surface area contributed by atoms with Crippen molar-refractivity contribution in [3.63, 3.8) is 0 Å². The lowest BCUT2D eigenvalue weighted by atomic mass is 9.93. The molecular formula is C33H31F6N9O. The number of fused-ring (bicyclic) bond motifs is 5. The third-order valence-electron chi connectivity index (χ3n) is 10.6. The molecule has 4 fully saturated rings. The van der Waals surface area contributed by atoms with Crippen LogP contribution in [0.15, 0.2) is 24.4 Å². The van der Waals surface area contributed by atoms with Crippen LogP contribution >= 0.6 is 0 Å². The molecule has 1 aromatic carbocycles. The fourth-order valence-electron chi connectivity index (χ4n) is 8.61. The molecule has 0 saturated carbocycles. The molecule has 0 unspecified atom stereocenters. The predicted molar refractivity (Wildman–Crippen MR) is 167 cm³/mol. The van der Waals surface area contributed by atoms with E-state index in [-0.39, 0.29) is 69.6 Å². The number of aromatic amines is 1. The molecule has 0 radical (unpaired) electrons. The zero-order valence-electron chi connectivity index (χ0n) is 26.4. The van der Waals surface area contributed by atoms with Gasteiger partial charge in [0.25, 0.3) is 6.08 Å².